The fourth-order valence-electron chi connectivity index (χ4n) is 3.25. The monoisotopic (exact) mass is 404 g/mol. The molecule has 0 saturated carbocycles. The minimum atomic E-state index is -0.166. The second-order valence-corrected chi connectivity index (χ2v) is 7.95. The summed E-state index contributed by atoms with van der Waals surface area (Å²) in [7, 11) is 0. The highest BCUT2D eigenvalue weighted by molar-refractivity contribution is 7.99. The van der Waals surface area contributed by atoms with Crippen molar-refractivity contribution in [3.8, 4) is 0 Å². The Morgan fingerprint density at radius 2 is 1.90 bits per heavy atom. The predicted octanol–water partition coefficient (Wildman–Crippen LogP) is 4.43. The number of aromatic nitrogens is 3. The summed E-state index contributed by atoms with van der Waals surface area (Å²) < 4.78 is 2.01. The van der Waals surface area contributed by atoms with E-state index in [-0.39, 0.29) is 17.4 Å². The zero-order valence-corrected chi connectivity index (χ0v) is 17.2. The summed E-state index contributed by atoms with van der Waals surface area (Å²) in [6.45, 7) is 5.55. The van der Waals surface area contributed by atoms with Gasteiger partial charge in [0.25, 0.3) is 0 Å². The van der Waals surface area contributed by atoms with Crippen LogP contribution in [0.25, 0.3) is 16.6 Å². The first-order valence-corrected chi connectivity index (χ1v) is 10.2. The van der Waals surface area contributed by atoms with E-state index in [0.29, 0.717) is 16.4 Å². The van der Waals surface area contributed by atoms with E-state index in [0.717, 1.165) is 27.7 Å². The predicted molar refractivity (Wildman–Crippen MR) is 116 cm³/mol. The minimum absolute atomic E-state index is 0.0389. The average Bonchev–Trinajstić information content (AvgIpc) is 3.12. The van der Waals surface area contributed by atoms with Crippen molar-refractivity contribution >= 4 is 45.7 Å². The molecule has 0 fully saturated rings. The first-order chi connectivity index (χ1) is 13.9. The number of rotatable bonds is 5. The molecule has 0 atom stereocenters. The molecule has 4 aromatic rings. The van der Waals surface area contributed by atoms with Crippen molar-refractivity contribution in [1.82, 2.24) is 14.6 Å². The summed E-state index contributed by atoms with van der Waals surface area (Å²) in [6, 6.07) is 15.3. The summed E-state index contributed by atoms with van der Waals surface area (Å²) in [5, 5.41) is 13.2. The summed E-state index contributed by atoms with van der Waals surface area (Å²) in [6.07, 6.45) is 0. The second-order valence-electron chi connectivity index (χ2n) is 7.01. The van der Waals surface area contributed by atoms with Crippen molar-refractivity contribution in [3.63, 3.8) is 0 Å². The number of hydrogen-bond acceptors (Lipinski definition) is 5. The maximum atomic E-state index is 12.4. The van der Waals surface area contributed by atoms with Gasteiger partial charge < -0.3 is 5.32 Å². The number of pyridine rings is 1. The summed E-state index contributed by atoms with van der Waals surface area (Å²) in [5.41, 5.74) is 5.16. The molecule has 0 saturated heterocycles. The number of benzene rings is 2. The molecule has 0 radical (unpaired) electrons. The highest BCUT2D eigenvalue weighted by Crippen LogP contribution is 2.26. The Bertz CT molecular complexity index is 1260. The van der Waals surface area contributed by atoms with Gasteiger partial charge in [-0.05, 0) is 61.5 Å². The Morgan fingerprint density at radius 3 is 2.69 bits per heavy atom. The van der Waals surface area contributed by atoms with Crippen LogP contribution in [0.5, 0.6) is 0 Å². The Morgan fingerprint density at radius 1 is 1.07 bits per heavy atom. The van der Waals surface area contributed by atoms with Gasteiger partial charge in [-0.3, -0.25) is 14.0 Å². The number of Topliss-reactive ketones (excluding diaryl/α,β-unsaturated/α-hetero) is 1. The van der Waals surface area contributed by atoms with Gasteiger partial charge in [-0.15, -0.1) is 10.2 Å². The van der Waals surface area contributed by atoms with Gasteiger partial charge in [-0.25, -0.2) is 0 Å². The third-order valence-electron chi connectivity index (χ3n) is 4.67. The number of anilines is 1. The molecule has 0 aliphatic carbocycles. The molecule has 0 aliphatic heterocycles. The fraction of sp³-hybridized carbons (Fsp3) is 0.182. The van der Waals surface area contributed by atoms with Crippen LogP contribution in [-0.4, -0.2) is 32.0 Å². The largest absolute Gasteiger partial charge is 0.325 e. The van der Waals surface area contributed by atoms with Crippen molar-refractivity contribution < 1.29 is 9.59 Å². The number of carbonyl (C=O) groups excluding carboxylic acids is 2. The normalized spacial score (nSPS) is 11.1. The number of fused-ring (bicyclic) bond motifs is 3. The number of hydrogen-bond donors (Lipinski definition) is 1. The zero-order chi connectivity index (χ0) is 20.5. The minimum Gasteiger partial charge on any atom is -0.325 e. The molecule has 1 amide bonds. The fourth-order valence-corrected chi connectivity index (χ4v) is 3.99. The van der Waals surface area contributed by atoms with Gasteiger partial charge in [0.15, 0.2) is 16.6 Å². The van der Waals surface area contributed by atoms with Gasteiger partial charge in [-0.1, -0.05) is 36.0 Å². The molecule has 7 heteroatoms. The molecule has 4 rings (SSSR count). The van der Waals surface area contributed by atoms with Crippen LogP contribution in [0, 0.1) is 13.8 Å². The number of thioether (sulfide) groups is 1. The Balaban J connectivity index is 1.58. The lowest BCUT2D eigenvalue weighted by Gasteiger charge is -2.08. The van der Waals surface area contributed by atoms with Crippen LogP contribution in [0.4, 0.5) is 5.69 Å². The molecule has 0 aliphatic rings. The molecule has 0 bridgehead atoms. The van der Waals surface area contributed by atoms with Gasteiger partial charge in [0.1, 0.15) is 0 Å². The third-order valence-corrected chi connectivity index (χ3v) is 5.60. The summed E-state index contributed by atoms with van der Waals surface area (Å²) in [4.78, 5) is 23.9. The number of amides is 1. The van der Waals surface area contributed by atoms with Crippen molar-refractivity contribution in [2.45, 2.75) is 25.9 Å². The van der Waals surface area contributed by atoms with Crippen LogP contribution in [0.3, 0.4) is 0 Å². The van der Waals surface area contributed by atoms with E-state index in [1.54, 1.807) is 24.3 Å². The summed E-state index contributed by atoms with van der Waals surface area (Å²) >= 11 is 1.33. The molecular weight excluding hydrogens is 384 g/mol. The maximum Gasteiger partial charge on any atom is 0.234 e. The smallest absolute Gasteiger partial charge is 0.234 e. The molecule has 146 valence electrons. The van der Waals surface area contributed by atoms with Gasteiger partial charge in [0.2, 0.25) is 5.91 Å². The number of carbonyl (C=O) groups is 2. The van der Waals surface area contributed by atoms with Crippen LogP contribution in [0.2, 0.25) is 0 Å². The molecule has 29 heavy (non-hydrogen) atoms. The van der Waals surface area contributed by atoms with Gasteiger partial charge >= 0.3 is 0 Å². The lowest BCUT2D eigenvalue weighted by atomic mass is 10.1. The molecule has 2 aromatic heterocycles. The van der Waals surface area contributed by atoms with E-state index in [1.165, 1.54) is 18.7 Å². The second kappa shape index (κ2) is 7.67. The third kappa shape index (κ3) is 3.86. The topological polar surface area (TPSA) is 76.4 Å². The Kier molecular flexibility index (Phi) is 5.07. The van der Waals surface area contributed by atoms with Gasteiger partial charge in [-0.2, -0.15) is 0 Å². The van der Waals surface area contributed by atoms with Crippen molar-refractivity contribution in [1.29, 1.82) is 0 Å². The van der Waals surface area contributed by atoms with E-state index in [9.17, 15) is 9.59 Å². The van der Waals surface area contributed by atoms with E-state index >= 15 is 0 Å². The lowest BCUT2D eigenvalue weighted by molar-refractivity contribution is -0.113. The quantitative estimate of drug-likeness (QED) is 0.393. The molecule has 2 aromatic carbocycles. The zero-order valence-electron chi connectivity index (χ0n) is 16.4. The van der Waals surface area contributed by atoms with E-state index < -0.39 is 0 Å². The molecule has 6 nitrogen and oxygen atoms in total. The standard InChI is InChI=1S/C22H20N4O2S/c1-13-7-8-17-10-14(2)21-24-25-22(26(21)19(17)9-13)29-12-20(28)23-18-6-4-5-16(11-18)15(3)27/h4-11H,12H2,1-3H3,(H,23,28). The van der Waals surface area contributed by atoms with E-state index in [4.69, 9.17) is 0 Å². The first-order valence-electron chi connectivity index (χ1n) is 9.21. The van der Waals surface area contributed by atoms with Crippen LogP contribution in [-0.2, 0) is 4.79 Å². The average molecular weight is 404 g/mol. The number of nitrogens with zero attached hydrogens (tertiary/aromatic N) is 3. The van der Waals surface area contributed by atoms with Crippen molar-refractivity contribution in [2.75, 3.05) is 11.1 Å². The molecule has 0 spiro atoms. The maximum absolute atomic E-state index is 12.4. The SMILES string of the molecule is CC(=O)c1cccc(NC(=O)CSc2nnc3c(C)cc4ccc(C)cc4n23)c1. The Labute approximate surface area is 172 Å². The van der Waals surface area contributed by atoms with Crippen molar-refractivity contribution in [2.24, 2.45) is 0 Å². The lowest BCUT2D eigenvalue weighted by Crippen LogP contribution is -2.14. The van der Waals surface area contributed by atoms with Crippen LogP contribution < -0.4 is 5.32 Å². The first kappa shape index (κ1) is 19.1. The molecule has 1 N–H and O–H groups in total. The molecular formula is C22H20N4O2S. The van der Waals surface area contributed by atoms with Gasteiger partial charge in [0.05, 0.1) is 11.3 Å². The van der Waals surface area contributed by atoms with Crippen LogP contribution in [0.1, 0.15) is 28.4 Å². The Hall–Kier alpha value is -3.19. The number of nitrogens with one attached hydrogen (secondary N) is 1. The van der Waals surface area contributed by atoms with Gasteiger partial charge in [0, 0.05) is 11.3 Å². The molecule has 0 unspecified atom stereocenters. The van der Waals surface area contributed by atoms with Crippen LogP contribution >= 0.6 is 11.8 Å². The highest BCUT2D eigenvalue weighted by atomic mass is 32.2. The van der Waals surface area contributed by atoms with E-state index in [2.05, 4.69) is 39.8 Å². The van der Waals surface area contributed by atoms with Crippen LogP contribution in [0.15, 0.2) is 53.7 Å². The summed E-state index contributed by atoms with van der Waals surface area (Å²) in [5.74, 6) is -0.0182. The van der Waals surface area contributed by atoms with E-state index in [1.807, 2.05) is 18.2 Å². The number of aryl methyl sites for hydroxylation is 2. The number of ketones is 1. The molecule has 2 heterocycles. The van der Waals surface area contributed by atoms with Crippen molar-refractivity contribution in [3.05, 3.63) is 65.2 Å². The highest BCUT2D eigenvalue weighted by Gasteiger charge is 2.14.